The van der Waals surface area contributed by atoms with Gasteiger partial charge in [0.05, 0.1) is 25.5 Å². The normalized spacial score (nSPS) is 11.4. The van der Waals surface area contributed by atoms with Crippen molar-refractivity contribution < 1.29 is 18.7 Å². The largest absolute Gasteiger partial charge is 0.491 e. The van der Waals surface area contributed by atoms with Gasteiger partial charge in [-0.2, -0.15) is 0 Å². The molecule has 7 heteroatoms. The molecule has 3 rings (SSSR count). The van der Waals surface area contributed by atoms with Crippen LogP contribution in [0.25, 0.3) is 0 Å². The van der Waals surface area contributed by atoms with E-state index >= 15 is 0 Å². The second kappa shape index (κ2) is 10.9. The molecule has 7 nitrogen and oxygen atoms in total. The molecule has 0 saturated carbocycles. The van der Waals surface area contributed by atoms with Gasteiger partial charge in [-0.05, 0) is 61.9 Å². The van der Waals surface area contributed by atoms with E-state index in [-0.39, 0.29) is 24.5 Å². The summed E-state index contributed by atoms with van der Waals surface area (Å²) in [6, 6.07) is 17.8. The van der Waals surface area contributed by atoms with Gasteiger partial charge in [-0.15, -0.1) is 0 Å². The molecule has 0 aliphatic carbocycles. The van der Waals surface area contributed by atoms with E-state index in [2.05, 4.69) is 22.9 Å². The van der Waals surface area contributed by atoms with Crippen LogP contribution < -0.4 is 20.7 Å². The summed E-state index contributed by atoms with van der Waals surface area (Å²) in [5.41, 5.74) is 1.95. The maximum atomic E-state index is 12.3. The monoisotopic (exact) mass is 421 g/mol. The molecule has 162 valence electrons. The van der Waals surface area contributed by atoms with Gasteiger partial charge < -0.3 is 25.1 Å². The van der Waals surface area contributed by atoms with Crippen LogP contribution in [0, 0.1) is 0 Å². The Balaban J connectivity index is 1.46. The minimum atomic E-state index is -0.194. The SMILES string of the molecule is CCC(C)Oc1cccc(NC(=O)CNc2ccc(C(=O)NCc3ccco3)cc2)c1. The summed E-state index contributed by atoms with van der Waals surface area (Å²) in [4.78, 5) is 24.4. The third-order valence-corrected chi connectivity index (χ3v) is 4.63. The van der Waals surface area contributed by atoms with Crippen molar-refractivity contribution in [1.82, 2.24) is 5.32 Å². The average molecular weight is 421 g/mol. The van der Waals surface area contributed by atoms with Crippen LogP contribution in [0.3, 0.4) is 0 Å². The van der Waals surface area contributed by atoms with Gasteiger partial charge in [0, 0.05) is 23.0 Å². The van der Waals surface area contributed by atoms with Crippen LogP contribution in [0.15, 0.2) is 71.3 Å². The number of carbonyl (C=O) groups is 2. The molecule has 1 atom stereocenters. The van der Waals surface area contributed by atoms with E-state index in [0.717, 1.165) is 17.9 Å². The maximum Gasteiger partial charge on any atom is 0.251 e. The lowest BCUT2D eigenvalue weighted by molar-refractivity contribution is -0.114. The average Bonchev–Trinajstić information content (AvgIpc) is 3.30. The lowest BCUT2D eigenvalue weighted by atomic mass is 10.2. The van der Waals surface area contributed by atoms with Crippen molar-refractivity contribution in [2.24, 2.45) is 0 Å². The van der Waals surface area contributed by atoms with Crippen LogP contribution in [-0.4, -0.2) is 24.5 Å². The number of benzene rings is 2. The zero-order valence-electron chi connectivity index (χ0n) is 17.7. The fourth-order valence-electron chi connectivity index (χ4n) is 2.77. The van der Waals surface area contributed by atoms with Crippen molar-refractivity contribution >= 4 is 23.2 Å². The van der Waals surface area contributed by atoms with Crippen molar-refractivity contribution in [3.05, 3.63) is 78.3 Å². The molecule has 3 aromatic rings. The number of nitrogens with one attached hydrogen (secondary N) is 3. The van der Waals surface area contributed by atoms with Gasteiger partial charge in [0.15, 0.2) is 0 Å². The molecule has 1 aromatic heterocycles. The van der Waals surface area contributed by atoms with Crippen LogP contribution in [0.2, 0.25) is 0 Å². The lowest BCUT2D eigenvalue weighted by Crippen LogP contribution is -2.23. The first-order chi connectivity index (χ1) is 15.0. The highest BCUT2D eigenvalue weighted by Crippen LogP contribution is 2.19. The Morgan fingerprint density at radius 3 is 2.55 bits per heavy atom. The highest BCUT2D eigenvalue weighted by molar-refractivity contribution is 5.95. The highest BCUT2D eigenvalue weighted by atomic mass is 16.5. The predicted octanol–water partition coefficient (Wildman–Crippen LogP) is 4.44. The zero-order valence-corrected chi connectivity index (χ0v) is 17.7. The van der Waals surface area contributed by atoms with E-state index in [1.165, 1.54) is 0 Å². The van der Waals surface area contributed by atoms with Crippen LogP contribution >= 0.6 is 0 Å². The number of ether oxygens (including phenoxy) is 1. The molecule has 0 fully saturated rings. The number of rotatable bonds is 10. The molecule has 1 unspecified atom stereocenters. The van der Waals surface area contributed by atoms with Crippen molar-refractivity contribution in [3.63, 3.8) is 0 Å². The molecule has 0 spiro atoms. The van der Waals surface area contributed by atoms with Gasteiger partial charge in [-0.25, -0.2) is 0 Å². The van der Waals surface area contributed by atoms with E-state index in [1.807, 2.05) is 25.1 Å². The number of anilines is 2. The van der Waals surface area contributed by atoms with Gasteiger partial charge in [-0.3, -0.25) is 9.59 Å². The Labute approximate surface area is 181 Å². The highest BCUT2D eigenvalue weighted by Gasteiger charge is 2.08. The van der Waals surface area contributed by atoms with Crippen molar-refractivity contribution in [3.8, 4) is 5.75 Å². The fourth-order valence-corrected chi connectivity index (χ4v) is 2.77. The number of amides is 2. The first-order valence-electron chi connectivity index (χ1n) is 10.2. The lowest BCUT2D eigenvalue weighted by Gasteiger charge is -2.14. The van der Waals surface area contributed by atoms with Gasteiger partial charge in [0.2, 0.25) is 5.91 Å². The molecule has 0 saturated heterocycles. The van der Waals surface area contributed by atoms with E-state index in [4.69, 9.17) is 9.15 Å². The third-order valence-electron chi connectivity index (χ3n) is 4.63. The molecule has 3 N–H and O–H groups in total. The van der Waals surface area contributed by atoms with E-state index < -0.39 is 0 Å². The van der Waals surface area contributed by atoms with E-state index in [9.17, 15) is 9.59 Å². The standard InChI is InChI=1S/C24H27N3O4/c1-3-17(2)31-21-7-4-6-20(14-21)27-23(28)16-25-19-11-9-18(10-12-19)24(29)26-15-22-8-5-13-30-22/h4-14,17,25H,3,15-16H2,1-2H3,(H,26,29)(H,27,28). The minimum Gasteiger partial charge on any atom is -0.491 e. The second-order valence-corrected chi connectivity index (χ2v) is 7.11. The summed E-state index contributed by atoms with van der Waals surface area (Å²) in [5, 5.41) is 8.69. The molecule has 2 aromatic carbocycles. The molecule has 1 heterocycles. The first kappa shape index (κ1) is 22.0. The third kappa shape index (κ3) is 6.92. The molecular weight excluding hydrogens is 394 g/mol. The summed E-state index contributed by atoms with van der Waals surface area (Å²) in [5.74, 6) is 1.04. The van der Waals surface area contributed by atoms with Crippen LogP contribution in [-0.2, 0) is 11.3 Å². The molecule has 0 aliphatic rings. The zero-order chi connectivity index (χ0) is 22.1. The second-order valence-electron chi connectivity index (χ2n) is 7.11. The van der Waals surface area contributed by atoms with Crippen molar-refractivity contribution in [1.29, 1.82) is 0 Å². The van der Waals surface area contributed by atoms with Gasteiger partial charge in [-0.1, -0.05) is 13.0 Å². The number of furan rings is 1. The molecule has 0 bridgehead atoms. The Bertz CT molecular complexity index is 984. The molecule has 2 amide bonds. The molecule has 0 aliphatic heterocycles. The van der Waals surface area contributed by atoms with Crippen LogP contribution in [0.4, 0.5) is 11.4 Å². The van der Waals surface area contributed by atoms with Crippen molar-refractivity contribution in [2.45, 2.75) is 32.9 Å². The summed E-state index contributed by atoms with van der Waals surface area (Å²) in [7, 11) is 0. The number of hydrogen-bond acceptors (Lipinski definition) is 5. The summed E-state index contributed by atoms with van der Waals surface area (Å²) in [6.45, 7) is 4.49. The number of carbonyl (C=O) groups excluding carboxylic acids is 2. The maximum absolute atomic E-state index is 12.3. The van der Waals surface area contributed by atoms with Gasteiger partial charge in [0.1, 0.15) is 11.5 Å². The summed E-state index contributed by atoms with van der Waals surface area (Å²) < 4.78 is 11.0. The molecule has 31 heavy (non-hydrogen) atoms. The smallest absolute Gasteiger partial charge is 0.251 e. The fraction of sp³-hybridized carbons (Fsp3) is 0.250. The topological polar surface area (TPSA) is 92.6 Å². The quantitative estimate of drug-likeness (QED) is 0.450. The Morgan fingerprint density at radius 1 is 1.03 bits per heavy atom. The van der Waals surface area contributed by atoms with Crippen LogP contribution in [0.1, 0.15) is 36.4 Å². The minimum absolute atomic E-state index is 0.0977. The Morgan fingerprint density at radius 2 is 1.84 bits per heavy atom. The molecular formula is C24H27N3O4. The molecule has 0 radical (unpaired) electrons. The van der Waals surface area contributed by atoms with Gasteiger partial charge in [0.25, 0.3) is 5.91 Å². The van der Waals surface area contributed by atoms with Crippen LogP contribution in [0.5, 0.6) is 5.75 Å². The first-order valence-corrected chi connectivity index (χ1v) is 10.2. The Hall–Kier alpha value is -3.74. The predicted molar refractivity (Wildman–Crippen MR) is 120 cm³/mol. The van der Waals surface area contributed by atoms with Gasteiger partial charge >= 0.3 is 0 Å². The number of hydrogen-bond donors (Lipinski definition) is 3. The van der Waals surface area contributed by atoms with E-state index in [0.29, 0.717) is 23.6 Å². The van der Waals surface area contributed by atoms with E-state index in [1.54, 1.807) is 48.7 Å². The summed E-state index contributed by atoms with van der Waals surface area (Å²) >= 11 is 0. The Kier molecular flexibility index (Phi) is 7.70. The summed E-state index contributed by atoms with van der Waals surface area (Å²) in [6.07, 6.45) is 2.59. The van der Waals surface area contributed by atoms with Crippen molar-refractivity contribution in [2.75, 3.05) is 17.2 Å².